The molecule has 1 nitrogen and oxygen atoms in total. The summed E-state index contributed by atoms with van der Waals surface area (Å²) < 4.78 is 0. The molecular weight excluding hydrogens is 290 g/mol. The quantitative estimate of drug-likeness (QED) is 0.652. The molecule has 3 aromatic rings. The Hall–Kier alpha value is -2.54. The third kappa shape index (κ3) is 2.82. The minimum Gasteiger partial charge on any atom is -0.370 e. The van der Waals surface area contributed by atoms with E-state index in [4.69, 9.17) is 0 Å². The van der Waals surface area contributed by atoms with Crippen LogP contribution in [-0.2, 0) is 12.8 Å². The maximum atomic E-state index is 2.49. The summed E-state index contributed by atoms with van der Waals surface area (Å²) in [5.41, 5.74) is 5.69. The monoisotopic (exact) mass is 313 g/mol. The summed E-state index contributed by atoms with van der Waals surface area (Å²) in [6.07, 6.45) is 2.19. The maximum Gasteiger partial charge on any atom is 0.0399 e. The van der Waals surface area contributed by atoms with Crippen molar-refractivity contribution >= 4 is 5.69 Å². The average molecular weight is 313 g/mol. The lowest BCUT2D eigenvalue weighted by Crippen LogP contribution is -2.43. The topological polar surface area (TPSA) is 3.24 Å². The Labute approximate surface area is 144 Å². The van der Waals surface area contributed by atoms with Crippen LogP contribution < -0.4 is 4.90 Å². The minimum atomic E-state index is 0.477. The normalized spacial score (nSPS) is 19.8. The summed E-state index contributed by atoms with van der Waals surface area (Å²) in [4.78, 5) is 2.49. The smallest absolute Gasteiger partial charge is 0.0399 e. The summed E-state index contributed by atoms with van der Waals surface area (Å²) in [7, 11) is 2.25. The Bertz CT molecular complexity index is 795. The fraction of sp³-hybridized carbons (Fsp3) is 0.217. The van der Waals surface area contributed by atoms with Gasteiger partial charge in [-0.1, -0.05) is 78.9 Å². The first kappa shape index (κ1) is 15.0. The summed E-state index contributed by atoms with van der Waals surface area (Å²) in [5.74, 6) is 0.520. The lowest BCUT2D eigenvalue weighted by atomic mass is 9.79. The molecule has 1 heterocycles. The number of hydrogen-bond donors (Lipinski definition) is 0. The van der Waals surface area contributed by atoms with Crippen molar-refractivity contribution in [3.8, 4) is 0 Å². The molecule has 0 N–H and O–H groups in total. The highest BCUT2D eigenvalue weighted by Crippen LogP contribution is 2.39. The van der Waals surface area contributed by atoms with Crippen LogP contribution >= 0.6 is 0 Å². The third-order valence-electron chi connectivity index (χ3n) is 5.29. The largest absolute Gasteiger partial charge is 0.370 e. The first-order chi connectivity index (χ1) is 11.8. The first-order valence-electron chi connectivity index (χ1n) is 8.72. The molecule has 0 saturated carbocycles. The van der Waals surface area contributed by atoms with Crippen molar-refractivity contribution in [1.82, 2.24) is 0 Å². The van der Waals surface area contributed by atoms with Gasteiger partial charge in [0.1, 0.15) is 0 Å². The van der Waals surface area contributed by atoms with Gasteiger partial charge in [-0.25, -0.2) is 0 Å². The van der Waals surface area contributed by atoms with Gasteiger partial charge in [-0.3, -0.25) is 0 Å². The Kier molecular flexibility index (Phi) is 4.08. The highest BCUT2D eigenvalue weighted by molar-refractivity contribution is 5.58. The van der Waals surface area contributed by atoms with E-state index in [1.165, 1.54) is 22.4 Å². The number of para-hydroxylation sites is 1. The van der Waals surface area contributed by atoms with E-state index in [-0.39, 0.29) is 0 Å². The fourth-order valence-corrected chi connectivity index (χ4v) is 4.02. The molecule has 1 aliphatic heterocycles. The second kappa shape index (κ2) is 6.52. The first-order valence-corrected chi connectivity index (χ1v) is 8.72. The molecule has 2 atom stereocenters. The van der Waals surface area contributed by atoms with E-state index in [0.717, 1.165) is 12.8 Å². The second-order valence-corrected chi connectivity index (χ2v) is 6.72. The Morgan fingerprint density at radius 1 is 0.792 bits per heavy atom. The van der Waals surface area contributed by atoms with E-state index in [1.807, 2.05) is 0 Å². The maximum absolute atomic E-state index is 2.49. The fourth-order valence-electron chi connectivity index (χ4n) is 4.02. The summed E-state index contributed by atoms with van der Waals surface area (Å²) in [5, 5.41) is 0. The van der Waals surface area contributed by atoms with E-state index in [1.54, 1.807) is 0 Å². The van der Waals surface area contributed by atoms with Crippen molar-refractivity contribution in [2.24, 2.45) is 0 Å². The second-order valence-electron chi connectivity index (χ2n) is 6.72. The van der Waals surface area contributed by atoms with Crippen molar-refractivity contribution in [3.63, 3.8) is 0 Å². The standard InChI is InChI=1S/C23H23N/c1-24-22-15-9-8-14-20(22)17-21(19-12-6-3-7-13-19)23(24)16-18-10-4-2-5-11-18/h2-15,21,23H,16-17H2,1H3/t21-,23-/m0/s1. The zero-order valence-electron chi connectivity index (χ0n) is 14.1. The van der Waals surface area contributed by atoms with Gasteiger partial charge in [0.15, 0.2) is 0 Å². The van der Waals surface area contributed by atoms with Crippen LogP contribution in [0.15, 0.2) is 84.9 Å². The third-order valence-corrected chi connectivity index (χ3v) is 5.29. The van der Waals surface area contributed by atoms with Crippen LogP contribution in [0.4, 0.5) is 5.69 Å². The molecule has 120 valence electrons. The molecule has 0 spiro atoms. The summed E-state index contributed by atoms with van der Waals surface area (Å²) in [6, 6.07) is 31.2. The number of anilines is 1. The van der Waals surface area contributed by atoms with Gasteiger partial charge in [0.25, 0.3) is 0 Å². The summed E-state index contributed by atoms with van der Waals surface area (Å²) in [6.45, 7) is 0. The molecule has 1 heteroatoms. The van der Waals surface area contributed by atoms with Crippen LogP contribution in [0.5, 0.6) is 0 Å². The minimum absolute atomic E-state index is 0.477. The van der Waals surface area contributed by atoms with Gasteiger partial charge in [-0.15, -0.1) is 0 Å². The molecule has 0 saturated heterocycles. The van der Waals surface area contributed by atoms with Gasteiger partial charge in [0.05, 0.1) is 0 Å². The molecule has 0 radical (unpaired) electrons. The van der Waals surface area contributed by atoms with Crippen LogP contribution in [0.3, 0.4) is 0 Å². The molecule has 24 heavy (non-hydrogen) atoms. The van der Waals surface area contributed by atoms with Crippen LogP contribution in [0.2, 0.25) is 0 Å². The molecule has 0 fully saturated rings. The number of rotatable bonds is 3. The van der Waals surface area contributed by atoms with Crippen molar-refractivity contribution < 1.29 is 0 Å². The lowest BCUT2D eigenvalue weighted by molar-refractivity contribution is 0.481. The van der Waals surface area contributed by atoms with Crippen LogP contribution in [0.1, 0.15) is 22.6 Å². The van der Waals surface area contributed by atoms with Crippen LogP contribution in [0.25, 0.3) is 0 Å². The van der Waals surface area contributed by atoms with Crippen molar-refractivity contribution in [1.29, 1.82) is 0 Å². The molecule has 0 unspecified atom stereocenters. The lowest BCUT2D eigenvalue weighted by Gasteiger charge is -2.42. The van der Waals surface area contributed by atoms with Crippen molar-refractivity contribution in [3.05, 3.63) is 102 Å². The molecule has 0 aromatic heterocycles. The number of hydrogen-bond acceptors (Lipinski definition) is 1. The number of fused-ring (bicyclic) bond motifs is 1. The molecule has 1 aliphatic rings. The van der Waals surface area contributed by atoms with E-state index < -0.39 is 0 Å². The Morgan fingerprint density at radius 3 is 2.17 bits per heavy atom. The molecule has 0 aliphatic carbocycles. The van der Waals surface area contributed by atoms with Gasteiger partial charge in [0.2, 0.25) is 0 Å². The van der Waals surface area contributed by atoms with Crippen molar-refractivity contribution in [2.75, 3.05) is 11.9 Å². The highest BCUT2D eigenvalue weighted by atomic mass is 15.1. The highest BCUT2D eigenvalue weighted by Gasteiger charge is 2.33. The number of benzene rings is 3. The molecule has 3 aromatic carbocycles. The van der Waals surface area contributed by atoms with Gasteiger partial charge < -0.3 is 4.90 Å². The van der Waals surface area contributed by atoms with Gasteiger partial charge in [-0.2, -0.15) is 0 Å². The average Bonchev–Trinajstić information content (AvgIpc) is 2.65. The Balaban J connectivity index is 1.74. The zero-order valence-corrected chi connectivity index (χ0v) is 14.1. The van der Waals surface area contributed by atoms with E-state index in [9.17, 15) is 0 Å². The molecule has 0 amide bonds. The van der Waals surface area contributed by atoms with Crippen LogP contribution in [0, 0.1) is 0 Å². The molecule has 4 rings (SSSR count). The number of likely N-dealkylation sites (N-methyl/N-ethyl adjacent to an activating group) is 1. The van der Waals surface area contributed by atoms with E-state index >= 15 is 0 Å². The molecular formula is C23H23N. The van der Waals surface area contributed by atoms with Gasteiger partial charge >= 0.3 is 0 Å². The number of nitrogens with zero attached hydrogens (tertiary/aromatic N) is 1. The predicted octanol–water partition coefficient (Wildman–Crippen LogP) is 5.07. The molecule has 0 bridgehead atoms. The Morgan fingerprint density at radius 2 is 1.42 bits per heavy atom. The van der Waals surface area contributed by atoms with Crippen LogP contribution in [-0.4, -0.2) is 13.1 Å². The zero-order chi connectivity index (χ0) is 16.4. The summed E-state index contributed by atoms with van der Waals surface area (Å²) >= 11 is 0. The van der Waals surface area contributed by atoms with Gasteiger partial charge in [-0.05, 0) is 35.6 Å². The van der Waals surface area contributed by atoms with Crippen molar-refractivity contribution in [2.45, 2.75) is 24.8 Å². The van der Waals surface area contributed by atoms with Gasteiger partial charge in [0, 0.05) is 24.7 Å². The predicted molar refractivity (Wildman–Crippen MR) is 102 cm³/mol. The van der Waals surface area contributed by atoms with E-state index in [0.29, 0.717) is 12.0 Å². The van der Waals surface area contributed by atoms with E-state index in [2.05, 4.69) is 96.9 Å². The SMILES string of the molecule is CN1c2ccccc2C[C@@H](c2ccccc2)[C@@H]1Cc1ccccc1.